The minimum atomic E-state index is -3.90. The van der Waals surface area contributed by atoms with E-state index in [1.165, 1.54) is 12.1 Å². The van der Waals surface area contributed by atoms with Gasteiger partial charge in [-0.2, -0.15) is 0 Å². The quantitative estimate of drug-likeness (QED) is 0.468. The summed E-state index contributed by atoms with van der Waals surface area (Å²) in [5.74, 6) is -0.660. The zero-order valence-electron chi connectivity index (χ0n) is 17.4. The number of aliphatic hydroxyl groups is 1. The molecule has 3 atom stereocenters. The van der Waals surface area contributed by atoms with Gasteiger partial charge >= 0.3 is 0 Å². The Labute approximate surface area is 187 Å². The molecule has 0 bridgehead atoms. The molecule has 2 aromatic rings. The summed E-state index contributed by atoms with van der Waals surface area (Å²) in [6, 6.07) is 12.6. The van der Waals surface area contributed by atoms with E-state index >= 15 is 0 Å². The van der Waals surface area contributed by atoms with Crippen molar-refractivity contribution in [2.45, 2.75) is 48.2 Å². The minimum Gasteiger partial charge on any atom is -0.394 e. The molecule has 176 valence electrons. The second-order valence-electron chi connectivity index (χ2n) is 7.67. The van der Waals surface area contributed by atoms with Crippen LogP contribution in [-0.4, -0.2) is 53.3 Å². The lowest BCUT2D eigenvalue weighted by molar-refractivity contribution is -0.0869. The highest BCUT2D eigenvalue weighted by Gasteiger charge is 2.34. The third kappa shape index (κ3) is 7.06. The standard InChI is InChI=1S/C21H27FN2O6S2/c22-17-6-9-19(10-7-17)32(28,29)24-20-11-8-18(30-21(20)14-25)12-13-23-31(26,27)15-16-4-2-1-3-5-16/h1-7,9-10,18,20-21,23-25H,8,11-15H2/t18-,20+,21-/m1/s1. The number of rotatable bonds is 10. The van der Waals surface area contributed by atoms with Crippen LogP contribution in [0, 0.1) is 5.82 Å². The molecule has 8 nitrogen and oxygen atoms in total. The highest BCUT2D eigenvalue weighted by atomic mass is 32.2. The van der Waals surface area contributed by atoms with E-state index in [2.05, 4.69) is 9.44 Å². The van der Waals surface area contributed by atoms with E-state index in [0.717, 1.165) is 12.1 Å². The van der Waals surface area contributed by atoms with Gasteiger partial charge < -0.3 is 9.84 Å². The zero-order valence-corrected chi connectivity index (χ0v) is 19.0. The van der Waals surface area contributed by atoms with Crippen LogP contribution in [0.15, 0.2) is 59.5 Å². The monoisotopic (exact) mass is 486 g/mol. The van der Waals surface area contributed by atoms with Gasteiger partial charge in [-0.05, 0) is 49.1 Å². The Kier molecular flexibility index (Phi) is 8.37. The summed E-state index contributed by atoms with van der Waals surface area (Å²) in [7, 11) is -7.40. The van der Waals surface area contributed by atoms with E-state index < -0.39 is 44.6 Å². The molecule has 1 fully saturated rings. The van der Waals surface area contributed by atoms with Gasteiger partial charge in [0.2, 0.25) is 20.0 Å². The zero-order chi connectivity index (χ0) is 23.2. The van der Waals surface area contributed by atoms with Crippen LogP contribution in [0.25, 0.3) is 0 Å². The van der Waals surface area contributed by atoms with Gasteiger partial charge in [0.05, 0.1) is 35.5 Å². The number of aliphatic hydroxyl groups excluding tert-OH is 1. The Balaban J connectivity index is 1.50. The normalized spacial score (nSPS) is 22.0. The lowest BCUT2D eigenvalue weighted by atomic mass is 9.98. The van der Waals surface area contributed by atoms with Gasteiger partial charge in [0.15, 0.2) is 0 Å². The van der Waals surface area contributed by atoms with Crippen molar-refractivity contribution in [2.24, 2.45) is 0 Å². The van der Waals surface area contributed by atoms with Crippen LogP contribution in [-0.2, 0) is 30.5 Å². The fourth-order valence-corrected chi connectivity index (χ4v) is 6.04. The topological polar surface area (TPSA) is 122 Å². The number of hydrogen-bond donors (Lipinski definition) is 3. The smallest absolute Gasteiger partial charge is 0.240 e. The summed E-state index contributed by atoms with van der Waals surface area (Å²) in [4.78, 5) is -0.0782. The molecule has 1 aliphatic heterocycles. The van der Waals surface area contributed by atoms with Gasteiger partial charge in [0.25, 0.3) is 0 Å². The summed E-state index contributed by atoms with van der Waals surface area (Å²) < 4.78 is 73.5. The second-order valence-corrected chi connectivity index (χ2v) is 11.2. The number of hydrogen-bond acceptors (Lipinski definition) is 6. The average molecular weight is 487 g/mol. The molecule has 0 radical (unpaired) electrons. The van der Waals surface area contributed by atoms with Crippen molar-refractivity contribution in [3.63, 3.8) is 0 Å². The highest BCUT2D eigenvalue weighted by molar-refractivity contribution is 7.89. The predicted octanol–water partition coefficient (Wildman–Crippen LogP) is 1.52. The van der Waals surface area contributed by atoms with Crippen molar-refractivity contribution in [1.82, 2.24) is 9.44 Å². The minimum absolute atomic E-state index is 0.0782. The van der Waals surface area contributed by atoms with Crippen molar-refractivity contribution in [3.8, 4) is 0 Å². The van der Waals surface area contributed by atoms with Crippen molar-refractivity contribution in [3.05, 3.63) is 66.0 Å². The summed E-state index contributed by atoms with van der Waals surface area (Å²) in [6.45, 7) is -0.225. The van der Waals surface area contributed by atoms with Crippen LogP contribution >= 0.6 is 0 Å². The summed E-state index contributed by atoms with van der Waals surface area (Å²) in [5.41, 5.74) is 0.686. The van der Waals surface area contributed by atoms with Gasteiger partial charge in [-0.25, -0.2) is 30.7 Å². The molecule has 0 amide bonds. The first-order chi connectivity index (χ1) is 15.2. The van der Waals surface area contributed by atoms with Crippen LogP contribution in [0.1, 0.15) is 24.8 Å². The number of ether oxygens (including phenoxy) is 1. The SMILES string of the molecule is O=S(=O)(Cc1ccccc1)NCC[C@H]1CC[C@H](NS(=O)(=O)c2ccc(F)cc2)[C@@H](CO)O1. The van der Waals surface area contributed by atoms with Gasteiger partial charge in [-0.1, -0.05) is 30.3 Å². The van der Waals surface area contributed by atoms with Gasteiger partial charge in [0.1, 0.15) is 5.82 Å². The summed E-state index contributed by atoms with van der Waals surface area (Å²) >= 11 is 0. The van der Waals surface area contributed by atoms with Crippen molar-refractivity contribution in [1.29, 1.82) is 0 Å². The van der Waals surface area contributed by atoms with E-state index in [0.29, 0.717) is 24.8 Å². The first-order valence-electron chi connectivity index (χ1n) is 10.2. The van der Waals surface area contributed by atoms with E-state index in [-0.39, 0.29) is 23.3 Å². The van der Waals surface area contributed by atoms with Gasteiger partial charge in [0, 0.05) is 6.54 Å². The number of sulfonamides is 2. The number of nitrogens with one attached hydrogen (secondary N) is 2. The third-order valence-corrected chi connectivity index (χ3v) is 8.08. The molecule has 3 rings (SSSR count). The van der Waals surface area contributed by atoms with Crippen LogP contribution in [0.5, 0.6) is 0 Å². The predicted molar refractivity (Wildman–Crippen MR) is 117 cm³/mol. The van der Waals surface area contributed by atoms with E-state index in [4.69, 9.17) is 4.74 Å². The molecule has 0 unspecified atom stereocenters. The maximum absolute atomic E-state index is 13.1. The molecular formula is C21H27FN2O6S2. The van der Waals surface area contributed by atoms with E-state index in [9.17, 15) is 26.3 Å². The molecule has 1 heterocycles. The molecule has 0 aromatic heterocycles. The lowest BCUT2D eigenvalue weighted by Gasteiger charge is -2.36. The molecule has 0 saturated carbocycles. The largest absolute Gasteiger partial charge is 0.394 e. The number of halogens is 1. The molecule has 32 heavy (non-hydrogen) atoms. The lowest BCUT2D eigenvalue weighted by Crippen LogP contribution is -2.51. The second kappa shape index (κ2) is 10.8. The molecule has 1 saturated heterocycles. The average Bonchev–Trinajstić information content (AvgIpc) is 2.75. The van der Waals surface area contributed by atoms with Crippen LogP contribution in [0.4, 0.5) is 4.39 Å². The fraction of sp³-hybridized carbons (Fsp3) is 0.429. The Morgan fingerprint density at radius 2 is 1.69 bits per heavy atom. The Bertz CT molecular complexity index is 1080. The highest BCUT2D eigenvalue weighted by Crippen LogP contribution is 2.23. The first-order valence-corrected chi connectivity index (χ1v) is 13.4. The van der Waals surface area contributed by atoms with Crippen molar-refractivity contribution >= 4 is 20.0 Å². The van der Waals surface area contributed by atoms with Crippen LogP contribution in [0.2, 0.25) is 0 Å². The van der Waals surface area contributed by atoms with E-state index in [1.807, 2.05) is 6.07 Å². The maximum atomic E-state index is 13.1. The molecule has 1 aliphatic rings. The fourth-order valence-electron chi connectivity index (χ4n) is 3.58. The third-order valence-electron chi connectivity index (χ3n) is 5.21. The Morgan fingerprint density at radius 1 is 1.00 bits per heavy atom. The van der Waals surface area contributed by atoms with Crippen molar-refractivity contribution in [2.75, 3.05) is 13.2 Å². The number of benzene rings is 2. The molecule has 11 heteroatoms. The van der Waals surface area contributed by atoms with Crippen molar-refractivity contribution < 1.29 is 31.1 Å². The van der Waals surface area contributed by atoms with Gasteiger partial charge in [-0.3, -0.25) is 0 Å². The van der Waals surface area contributed by atoms with Gasteiger partial charge in [-0.15, -0.1) is 0 Å². The molecule has 3 N–H and O–H groups in total. The maximum Gasteiger partial charge on any atom is 0.240 e. The van der Waals surface area contributed by atoms with Crippen LogP contribution < -0.4 is 9.44 Å². The van der Waals surface area contributed by atoms with Crippen LogP contribution in [0.3, 0.4) is 0 Å². The molecule has 0 aliphatic carbocycles. The molecular weight excluding hydrogens is 459 g/mol. The summed E-state index contributed by atoms with van der Waals surface area (Å²) in [6.07, 6.45) is 0.200. The Hall–Kier alpha value is -1.89. The first kappa shape index (κ1) is 24.7. The molecule has 0 spiro atoms. The Morgan fingerprint density at radius 3 is 2.34 bits per heavy atom. The summed E-state index contributed by atoms with van der Waals surface area (Å²) in [5, 5.41) is 9.68. The molecule has 2 aromatic carbocycles. The van der Waals surface area contributed by atoms with E-state index in [1.54, 1.807) is 24.3 Å².